The van der Waals surface area contributed by atoms with Crippen molar-refractivity contribution in [3.05, 3.63) is 47.0 Å². The molecule has 0 aliphatic carbocycles. The lowest BCUT2D eigenvalue weighted by molar-refractivity contribution is 0.631. The monoisotopic (exact) mass is 490 g/mol. The Bertz CT molecular complexity index is 673. The lowest BCUT2D eigenvalue weighted by atomic mass is 10.1. The second-order valence-electron chi connectivity index (χ2n) is 5.76. The van der Waals surface area contributed by atoms with Gasteiger partial charge in [0.15, 0.2) is 5.96 Å². The van der Waals surface area contributed by atoms with Gasteiger partial charge in [0, 0.05) is 37.6 Å². The van der Waals surface area contributed by atoms with E-state index in [1.54, 1.807) is 6.33 Å². The molecule has 1 aromatic carbocycles. The Morgan fingerprint density at radius 3 is 2.77 bits per heavy atom. The molecule has 0 unspecified atom stereocenters. The zero-order valence-corrected chi connectivity index (χ0v) is 18.5. The van der Waals surface area contributed by atoms with E-state index in [4.69, 9.17) is 11.6 Å². The molecule has 26 heavy (non-hydrogen) atoms. The summed E-state index contributed by atoms with van der Waals surface area (Å²) in [5.41, 5.74) is 1.21. The summed E-state index contributed by atoms with van der Waals surface area (Å²) in [6.07, 6.45) is 4.58. The molecule has 0 spiro atoms. The van der Waals surface area contributed by atoms with Crippen LogP contribution in [0.1, 0.15) is 31.7 Å². The van der Waals surface area contributed by atoms with Gasteiger partial charge in [-0.1, -0.05) is 37.6 Å². The first kappa shape index (κ1) is 22.7. The molecule has 1 heterocycles. The van der Waals surface area contributed by atoms with Gasteiger partial charge in [-0.2, -0.15) is 0 Å². The number of aromatic nitrogens is 3. The first-order valence-electron chi connectivity index (χ1n) is 8.86. The molecule has 0 fully saturated rings. The minimum absolute atomic E-state index is 0. The Hall–Kier alpha value is -1.35. The van der Waals surface area contributed by atoms with Gasteiger partial charge in [-0.25, -0.2) is 0 Å². The number of benzene rings is 1. The van der Waals surface area contributed by atoms with E-state index in [9.17, 15) is 0 Å². The smallest absolute Gasteiger partial charge is 0.191 e. The first-order valence-corrected chi connectivity index (χ1v) is 9.24. The molecule has 8 heteroatoms. The number of nitrogens with zero attached hydrogens (tertiary/aromatic N) is 4. The van der Waals surface area contributed by atoms with Gasteiger partial charge in [0.1, 0.15) is 12.2 Å². The van der Waals surface area contributed by atoms with Crippen LogP contribution in [-0.4, -0.2) is 40.4 Å². The summed E-state index contributed by atoms with van der Waals surface area (Å²) >= 11 is 6.03. The lowest BCUT2D eigenvalue weighted by Crippen LogP contribution is -2.40. The first-order chi connectivity index (χ1) is 12.2. The number of hydrogen-bond acceptors (Lipinski definition) is 3. The Morgan fingerprint density at radius 2 is 2.04 bits per heavy atom. The van der Waals surface area contributed by atoms with Crippen molar-refractivity contribution >= 4 is 41.5 Å². The maximum absolute atomic E-state index is 6.03. The van der Waals surface area contributed by atoms with Crippen LogP contribution in [0.2, 0.25) is 5.02 Å². The van der Waals surface area contributed by atoms with E-state index >= 15 is 0 Å². The molecule has 0 aliphatic heterocycles. The Kier molecular flexibility index (Phi) is 11.3. The van der Waals surface area contributed by atoms with Crippen LogP contribution in [0.4, 0.5) is 0 Å². The van der Waals surface area contributed by atoms with Crippen LogP contribution >= 0.6 is 35.6 Å². The highest BCUT2D eigenvalue weighted by molar-refractivity contribution is 14.0. The van der Waals surface area contributed by atoms with E-state index in [1.165, 1.54) is 5.56 Å². The van der Waals surface area contributed by atoms with E-state index in [1.807, 2.05) is 18.2 Å². The van der Waals surface area contributed by atoms with Crippen LogP contribution in [0, 0.1) is 0 Å². The fourth-order valence-corrected chi connectivity index (χ4v) is 2.66. The maximum atomic E-state index is 6.03. The summed E-state index contributed by atoms with van der Waals surface area (Å²) in [6.45, 7) is 7.41. The highest BCUT2D eigenvalue weighted by Gasteiger charge is 2.03. The third-order valence-electron chi connectivity index (χ3n) is 3.75. The van der Waals surface area contributed by atoms with Crippen molar-refractivity contribution in [2.45, 2.75) is 39.7 Å². The van der Waals surface area contributed by atoms with Gasteiger partial charge in [-0.05, 0) is 30.5 Å². The fourth-order valence-electron chi connectivity index (χ4n) is 2.45. The highest BCUT2D eigenvalue weighted by Crippen LogP contribution is 2.10. The van der Waals surface area contributed by atoms with Crippen molar-refractivity contribution in [3.63, 3.8) is 0 Å². The number of nitrogens with one attached hydrogen (secondary N) is 2. The molecule has 0 bridgehead atoms. The Balaban J connectivity index is 0.00000338. The molecule has 144 valence electrons. The number of rotatable bonds is 9. The lowest BCUT2D eigenvalue weighted by Gasteiger charge is -2.13. The minimum atomic E-state index is 0. The van der Waals surface area contributed by atoms with Crippen molar-refractivity contribution in [2.75, 3.05) is 19.6 Å². The number of hydrogen-bond donors (Lipinski definition) is 2. The van der Waals surface area contributed by atoms with E-state index in [2.05, 4.69) is 50.3 Å². The van der Waals surface area contributed by atoms with Crippen molar-refractivity contribution in [1.29, 1.82) is 0 Å². The normalized spacial score (nSPS) is 11.1. The zero-order valence-electron chi connectivity index (χ0n) is 15.4. The highest BCUT2D eigenvalue weighted by atomic mass is 127. The molecule has 0 atom stereocenters. The van der Waals surface area contributed by atoms with Gasteiger partial charge in [0.2, 0.25) is 0 Å². The van der Waals surface area contributed by atoms with Crippen LogP contribution in [-0.2, 0) is 19.4 Å². The van der Waals surface area contributed by atoms with Crippen LogP contribution in [0.25, 0.3) is 0 Å². The van der Waals surface area contributed by atoms with Crippen LogP contribution in [0.3, 0.4) is 0 Å². The number of aliphatic imine (C=N–C) groups is 1. The predicted octanol–water partition coefficient (Wildman–Crippen LogP) is 3.30. The van der Waals surface area contributed by atoms with Gasteiger partial charge < -0.3 is 15.2 Å². The molecule has 0 radical (unpaired) electrons. The van der Waals surface area contributed by atoms with Crippen molar-refractivity contribution < 1.29 is 0 Å². The molecule has 0 amide bonds. The van der Waals surface area contributed by atoms with Gasteiger partial charge in [0.25, 0.3) is 0 Å². The van der Waals surface area contributed by atoms with Crippen LogP contribution in [0.5, 0.6) is 0 Å². The Morgan fingerprint density at radius 1 is 1.23 bits per heavy atom. The van der Waals surface area contributed by atoms with Crippen LogP contribution < -0.4 is 10.6 Å². The van der Waals surface area contributed by atoms with Crippen molar-refractivity contribution in [2.24, 2.45) is 4.99 Å². The van der Waals surface area contributed by atoms with Gasteiger partial charge >= 0.3 is 0 Å². The summed E-state index contributed by atoms with van der Waals surface area (Å²) in [5.74, 6) is 1.85. The topological polar surface area (TPSA) is 67.1 Å². The quantitative estimate of drug-likeness (QED) is 0.322. The molecule has 0 saturated heterocycles. The number of halogens is 2. The van der Waals surface area contributed by atoms with Gasteiger partial charge in [-0.15, -0.1) is 34.2 Å². The molecule has 2 rings (SSSR count). The SMILES string of the molecule is CCCN=C(NCCc1cccc(Cl)c1)NCCn1cnnc1CC.I. The zero-order chi connectivity index (χ0) is 17.9. The van der Waals surface area contributed by atoms with E-state index in [0.29, 0.717) is 0 Å². The molecule has 2 N–H and O–H groups in total. The predicted molar refractivity (Wildman–Crippen MR) is 119 cm³/mol. The summed E-state index contributed by atoms with van der Waals surface area (Å²) < 4.78 is 2.07. The second kappa shape index (κ2) is 12.9. The van der Waals surface area contributed by atoms with Crippen molar-refractivity contribution in [3.8, 4) is 0 Å². The third kappa shape index (κ3) is 7.90. The largest absolute Gasteiger partial charge is 0.356 e. The van der Waals surface area contributed by atoms with E-state index < -0.39 is 0 Å². The summed E-state index contributed by atoms with van der Waals surface area (Å²) in [7, 11) is 0. The minimum Gasteiger partial charge on any atom is -0.356 e. The molecule has 1 aromatic heterocycles. The van der Waals surface area contributed by atoms with Crippen LogP contribution in [0.15, 0.2) is 35.6 Å². The third-order valence-corrected chi connectivity index (χ3v) is 3.98. The number of aryl methyl sites for hydroxylation is 1. The van der Waals surface area contributed by atoms with Gasteiger partial charge in [-0.3, -0.25) is 4.99 Å². The van der Waals surface area contributed by atoms with E-state index in [0.717, 1.165) is 62.2 Å². The molecule has 0 aliphatic rings. The standard InChI is InChI=1S/C18H27ClN6.HI/c1-3-9-20-18(21-10-8-15-6-5-7-16(19)13-15)22-11-12-25-14-23-24-17(25)4-2;/h5-7,13-14H,3-4,8-12H2,1-2H3,(H2,20,21,22);1H. The Labute approximate surface area is 177 Å². The summed E-state index contributed by atoms with van der Waals surface area (Å²) in [5, 5.41) is 15.6. The molecular formula is C18H28ClIN6. The van der Waals surface area contributed by atoms with E-state index in [-0.39, 0.29) is 24.0 Å². The molecule has 6 nitrogen and oxygen atoms in total. The summed E-state index contributed by atoms with van der Waals surface area (Å²) in [6, 6.07) is 7.95. The molecule has 2 aromatic rings. The molecular weight excluding hydrogens is 463 g/mol. The molecule has 0 saturated carbocycles. The van der Waals surface area contributed by atoms with Crippen molar-refractivity contribution in [1.82, 2.24) is 25.4 Å². The van der Waals surface area contributed by atoms with Gasteiger partial charge in [0.05, 0.1) is 0 Å². The number of guanidine groups is 1. The summed E-state index contributed by atoms with van der Waals surface area (Å²) in [4.78, 5) is 4.58. The average Bonchev–Trinajstić information content (AvgIpc) is 3.06. The maximum Gasteiger partial charge on any atom is 0.191 e. The fraction of sp³-hybridized carbons (Fsp3) is 0.500. The second-order valence-corrected chi connectivity index (χ2v) is 6.19. The average molecular weight is 491 g/mol.